The maximum Gasteiger partial charge on any atom is 0.490 e. The van der Waals surface area contributed by atoms with Crippen LogP contribution in [0.2, 0.25) is 0 Å². The minimum absolute atomic E-state index is 0.0464. The number of aromatic carboxylic acids is 1. The summed E-state index contributed by atoms with van der Waals surface area (Å²) < 4.78 is 63.2. The Morgan fingerprint density at radius 2 is 1.78 bits per heavy atom. The van der Waals surface area contributed by atoms with Gasteiger partial charge in [0.15, 0.2) is 5.65 Å². The number of rotatable bonds is 14. The van der Waals surface area contributed by atoms with E-state index in [0.29, 0.717) is 22.6 Å². The second-order valence-electron chi connectivity index (χ2n) is 17.3. The van der Waals surface area contributed by atoms with Crippen LogP contribution in [0.1, 0.15) is 87.9 Å². The topological polar surface area (TPSA) is 348 Å². The van der Waals surface area contributed by atoms with Crippen LogP contribution in [0.15, 0.2) is 53.5 Å². The predicted molar refractivity (Wildman–Crippen MR) is 257 cm³/mol. The number of aromatic nitrogens is 3. The average Bonchev–Trinajstić information content (AvgIpc) is 3.87. The van der Waals surface area contributed by atoms with Crippen molar-refractivity contribution in [2.24, 2.45) is 0 Å². The molecule has 10 N–H and O–H groups in total. The quantitative estimate of drug-likeness (QED) is 0.0429. The minimum Gasteiger partial charge on any atom is -0.478 e. The van der Waals surface area contributed by atoms with Gasteiger partial charge in [-0.2, -0.15) is 13.6 Å². The molecular weight excluding hydrogens is 1000 g/mol. The fourth-order valence-electron chi connectivity index (χ4n) is 9.59. The average molecular weight is 1050 g/mol. The van der Waals surface area contributed by atoms with Crippen molar-refractivity contribution in [3.8, 4) is 23.3 Å². The second-order valence-corrected chi connectivity index (χ2v) is 21.7. The normalized spacial score (nSPS) is 20.0. The number of aryl methyl sites for hydroxylation is 2. The Bertz CT molecular complexity index is 3490. The van der Waals surface area contributed by atoms with Crippen LogP contribution in [0.3, 0.4) is 0 Å². The number of carbonyl (C=O) groups is 2. The number of hydrogen-bond donors (Lipinski definition) is 9. The molecule has 5 atom stereocenters. The lowest BCUT2D eigenvalue weighted by molar-refractivity contribution is -0.0421. The molecule has 27 heteroatoms. The minimum atomic E-state index is -5.81. The number of ether oxygens (including phenoxy) is 2. The second kappa shape index (κ2) is 19.8. The van der Waals surface area contributed by atoms with Gasteiger partial charge in [0, 0.05) is 71.4 Å². The Labute approximate surface area is 408 Å². The molecule has 2 aromatic heterocycles. The molecule has 1 fully saturated rings. The number of nitrogens with zero attached hydrogens (tertiary/aromatic N) is 4. The number of amides is 1. The van der Waals surface area contributed by atoms with Crippen molar-refractivity contribution in [3.05, 3.63) is 109 Å². The molecule has 0 aliphatic carbocycles. The zero-order valence-electron chi connectivity index (χ0n) is 38.5. The third-order valence-electron chi connectivity index (χ3n) is 12.7. The van der Waals surface area contributed by atoms with Crippen LogP contribution in [0.5, 0.6) is 11.5 Å². The Morgan fingerprint density at radius 3 is 2.51 bits per heavy atom. The highest BCUT2D eigenvalue weighted by molar-refractivity contribution is 7.66. The number of carboxylic acid groups (broad SMARTS) is 1. The molecular formula is C45H49N7O17P3+. The number of H-pyrrole nitrogens is 1. The van der Waals surface area contributed by atoms with Crippen LogP contribution in [0, 0.1) is 11.8 Å². The van der Waals surface area contributed by atoms with Crippen LogP contribution in [0.25, 0.3) is 16.6 Å². The van der Waals surface area contributed by atoms with Crippen molar-refractivity contribution in [2.45, 2.75) is 64.4 Å². The van der Waals surface area contributed by atoms with E-state index in [0.717, 1.165) is 84.8 Å². The van der Waals surface area contributed by atoms with Crippen LogP contribution in [-0.4, -0.2) is 108 Å². The van der Waals surface area contributed by atoms with Gasteiger partial charge in [0.2, 0.25) is 11.3 Å². The van der Waals surface area contributed by atoms with Crippen LogP contribution >= 0.6 is 23.5 Å². The molecule has 1 saturated heterocycles. The van der Waals surface area contributed by atoms with E-state index in [2.05, 4.69) is 87.9 Å². The van der Waals surface area contributed by atoms with E-state index in [1.165, 1.54) is 16.8 Å². The van der Waals surface area contributed by atoms with Crippen molar-refractivity contribution in [3.63, 3.8) is 0 Å². The van der Waals surface area contributed by atoms with E-state index < -0.39 is 65.9 Å². The number of anilines is 2. The first kappa shape index (κ1) is 50.9. The van der Waals surface area contributed by atoms with Gasteiger partial charge in [-0.25, -0.2) is 23.1 Å². The Balaban J connectivity index is 0.971. The first-order chi connectivity index (χ1) is 34.1. The predicted octanol–water partition coefficient (Wildman–Crippen LogP) is 2.36. The first-order valence-electron chi connectivity index (χ1n) is 22.7. The molecule has 3 aromatic carbocycles. The number of aliphatic hydroxyl groups excluding tert-OH is 1. The van der Waals surface area contributed by atoms with Crippen molar-refractivity contribution < 1.29 is 75.7 Å². The van der Waals surface area contributed by atoms with Gasteiger partial charge in [-0.1, -0.05) is 17.9 Å². The molecule has 5 aromatic rings. The Morgan fingerprint density at radius 1 is 1.00 bits per heavy atom. The van der Waals surface area contributed by atoms with Gasteiger partial charge in [-0.05, 0) is 68.5 Å². The number of nitrogen functional groups attached to an aromatic ring is 1. The van der Waals surface area contributed by atoms with Crippen molar-refractivity contribution in [1.82, 2.24) is 24.4 Å². The zero-order chi connectivity index (χ0) is 51.4. The summed E-state index contributed by atoms with van der Waals surface area (Å²) in [6.07, 6.45) is 0.807. The summed E-state index contributed by atoms with van der Waals surface area (Å²) >= 11 is 0. The molecule has 6 heterocycles. The van der Waals surface area contributed by atoms with Crippen LogP contribution in [0.4, 0.5) is 11.6 Å². The van der Waals surface area contributed by atoms with Gasteiger partial charge in [-0.3, -0.25) is 19.1 Å². The lowest BCUT2D eigenvalue weighted by Gasteiger charge is -2.32. The third kappa shape index (κ3) is 10.4. The highest BCUT2D eigenvalue weighted by Gasteiger charge is 2.43. The van der Waals surface area contributed by atoms with Gasteiger partial charge < -0.3 is 59.8 Å². The number of phosphoric acid groups is 3. The molecule has 0 spiro atoms. The number of fused-ring (bicyclic) bond motifs is 5. The summed E-state index contributed by atoms with van der Waals surface area (Å²) in [5.74, 6) is 4.65. The van der Waals surface area contributed by atoms with E-state index >= 15 is 0 Å². The molecule has 72 heavy (non-hydrogen) atoms. The largest absolute Gasteiger partial charge is 0.490 e. The van der Waals surface area contributed by atoms with Crippen LogP contribution < -0.4 is 41.4 Å². The monoisotopic (exact) mass is 1050 g/mol. The fraction of sp³-hybridized carbons (Fsp3) is 0.356. The lowest BCUT2D eigenvalue weighted by Crippen LogP contribution is -2.39. The van der Waals surface area contributed by atoms with E-state index in [9.17, 15) is 48.1 Å². The van der Waals surface area contributed by atoms with E-state index in [-0.39, 0.29) is 46.6 Å². The number of aromatic amines is 1. The molecule has 0 bridgehead atoms. The molecule has 24 nitrogen and oxygen atoms in total. The molecule has 4 aliphatic heterocycles. The molecule has 0 saturated carbocycles. The molecule has 1 amide bonds. The van der Waals surface area contributed by atoms with E-state index in [1.54, 1.807) is 12.1 Å². The van der Waals surface area contributed by atoms with E-state index in [4.69, 9.17) is 25.0 Å². The number of hydrogen-bond acceptors (Lipinski definition) is 15. The van der Waals surface area contributed by atoms with Crippen LogP contribution in [-0.2, 0) is 44.4 Å². The third-order valence-corrected chi connectivity index (χ3v) is 16.5. The van der Waals surface area contributed by atoms with Gasteiger partial charge in [0.05, 0.1) is 41.8 Å². The summed E-state index contributed by atoms with van der Waals surface area (Å²) in [6, 6.07) is 12.8. The van der Waals surface area contributed by atoms with Gasteiger partial charge in [0.1, 0.15) is 36.9 Å². The molecule has 4 aliphatic rings. The Kier molecular flexibility index (Phi) is 14.0. The fourth-order valence-corrected chi connectivity index (χ4v) is 12.6. The smallest absolute Gasteiger partial charge is 0.478 e. The molecule has 9 rings (SSSR count). The highest BCUT2D eigenvalue weighted by Crippen LogP contribution is 2.66. The number of phosphoric ester groups is 1. The number of nitrogens with one attached hydrogen (secondary N) is 2. The van der Waals surface area contributed by atoms with Gasteiger partial charge in [0.25, 0.3) is 11.5 Å². The Hall–Kier alpha value is -6.02. The molecule has 2 unspecified atom stereocenters. The highest BCUT2D eigenvalue weighted by atomic mass is 31.3. The SMILES string of the molecule is CCN1CCCc2cc3c(cc21)Oc1cc2c(cc1=C3c1ccc(C(=O)NCC#Cc3cn([C@H]4C[C@H](O)[C@@H](COP(=O)(O)OP(=O)(O)OP(=O)(O)O)O4)c4nc(N)[nH]c(=O)c34)cc1C(=O)O)CCC[N+]=2CC. The first-order valence-corrected chi connectivity index (χ1v) is 27.2. The summed E-state index contributed by atoms with van der Waals surface area (Å²) in [7, 11) is -17.0. The lowest BCUT2D eigenvalue weighted by atomic mass is 9.86. The maximum atomic E-state index is 13.7. The van der Waals surface area contributed by atoms with Crippen molar-refractivity contribution >= 4 is 63.6 Å². The van der Waals surface area contributed by atoms with Crippen molar-refractivity contribution in [1.29, 1.82) is 0 Å². The van der Waals surface area contributed by atoms with Crippen molar-refractivity contribution in [2.75, 3.05) is 50.0 Å². The van der Waals surface area contributed by atoms with Gasteiger partial charge >= 0.3 is 29.4 Å². The number of carbonyl (C=O) groups excluding carboxylic acids is 1. The summed E-state index contributed by atoms with van der Waals surface area (Å²) in [5, 5.41) is 26.0. The summed E-state index contributed by atoms with van der Waals surface area (Å²) in [4.78, 5) is 85.8. The maximum absolute atomic E-state index is 13.7. The van der Waals surface area contributed by atoms with E-state index in [1.807, 2.05) is 0 Å². The number of aliphatic hydroxyl groups is 1. The zero-order valence-corrected chi connectivity index (χ0v) is 41.2. The number of nitrogens with two attached hydrogens (primary N) is 1. The standard InChI is InChI=1S/C45H48N7O17P3/c1-3-50-14-6-9-24-16-30-35(19-32(24)50)66-36-20-33-25(10-7-15-51(33)4-2)17-31(36)40(30)28-12-11-26(18-29(28)44(56)57)42(54)47-13-5-8-27-22-52(41-39(27)43(55)49-45(46)48-41)38-21-34(53)37(67-38)23-65-71(61,62)69-72(63,64)68-70(58,59)60/h11-12,16-20,22,34,37-38,53H,3-4,6-7,9-10,13-15,21,23H2,1-2H3,(H8-,46,47,48,49,54,55,56,57,58,59,60,61,62,63,64)/p+1/t34-,37+,38+/m0/s1. The summed E-state index contributed by atoms with van der Waals surface area (Å²) in [6.45, 7) is 6.47. The number of benzene rings is 3. The molecule has 0 radical (unpaired) electrons. The molecule has 380 valence electrons. The summed E-state index contributed by atoms with van der Waals surface area (Å²) in [5.41, 5.74) is 10.4. The van der Waals surface area contributed by atoms with Gasteiger partial charge in [-0.15, -0.1) is 0 Å². The number of carboxylic acids is 1.